The van der Waals surface area contributed by atoms with Crippen molar-refractivity contribution in [1.82, 2.24) is 9.46 Å². The fourth-order valence-corrected chi connectivity index (χ4v) is 4.72. The largest absolute Gasteiger partial charge is 0.392 e. The highest BCUT2D eigenvalue weighted by molar-refractivity contribution is 7.89. The third-order valence-corrected chi connectivity index (χ3v) is 5.74. The fourth-order valence-electron chi connectivity index (χ4n) is 2.44. The normalized spacial score (nSPS) is 21.5. The van der Waals surface area contributed by atoms with E-state index in [1.807, 2.05) is 0 Å². The Morgan fingerprint density at radius 1 is 1.47 bits per heavy atom. The molecule has 1 aliphatic heterocycles. The lowest BCUT2D eigenvalue weighted by Gasteiger charge is -2.33. The van der Waals surface area contributed by atoms with E-state index in [0.29, 0.717) is 24.4 Å². The molecule has 0 amide bonds. The molecule has 2 N–H and O–H groups in total. The van der Waals surface area contributed by atoms with Crippen LogP contribution in [0.15, 0.2) is 9.42 Å². The summed E-state index contributed by atoms with van der Waals surface area (Å²) in [4.78, 5) is 0.352. The summed E-state index contributed by atoms with van der Waals surface area (Å²) in [5.74, 6) is 0.296. The van der Waals surface area contributed by atoms with Crippen LogP contribution < -0.4 is 5.73 Å². The Morgan fingerprint density at radius 2 is 2.16 bits per heavy atom. The van der Waals surface area contributed by atoms with Crippen molar-refractivity contribution in [2.24, 2.45) is 5.73 Å². The Bertz CT molecular complexity index is 575. The summed E-state index contributed by atoms with van der Waals surface area (Å²) in [7, 11) is -3.66. The van der Waals surface area contributed by atoms with E-state index in [0.717, 1.165) is 12.8 Å². The van der Waals surface area contributed by atoms with E-state index < -0.39 is 16.1 Å². The standard InChI is InChI=1S/C11H17N3O3S2/c1-7-10(8(2)17-13-7)19(15,16)14-6-4-3-5-9(14)11(12)18/h9H,3-6H2,1-2H3,(H2,12,18). The number of aromatic nitrogens is 1. The van der Waals surface area contributed by atoms with Crippen molar-refractivity contribution in [3.8, 4) is 0 Å². The number of hydrogen-bond donors (Lipinski definition) is 1. The molecule has 1 aliphatic rings. The lowest BCUT2D eigenvalue weighted by atomic mass is 10.1. The average Bonchev–Trinajstić information content (AvgIpc) is 2.69. The van der Waals surface area contributed by atoms with E-state index in [1.54, 1.807) is 13.8 Å². The maximum Gasteiger partial charge on any atom is 0.249 e. The van der Waals surface area contributed by atoms with Crippen molar-refractivity contribution >= 4 is 27.2 Å². The molecule has 0 saturated carbocycles. The molecule has 2 rings (SSSR count). The van der Waals surface area contributed by atoms with Gasteiger partial charge >= 0.3 is 0 Å². The summed E-state index contributed by atoms with van der Waals surface area (Å²) < 4.78 is 31.8. The van der Waals surface area contributed by atoms with Gasteiger partial charge in [-0.15, -0.1) is 0 Å². The Hall–Kier alpha value is -0.990. The lowest BCUT2D eigenvalue weighted by molar-refractivity contribution is 0.306. The topological polar surface area (TPSA) is 89.4 Å². The molecule has 0 bridgehead atoms. The highest BCUT2D eigenvalue weighted by atomic mass is 32.2. The molecule has 1 saturated heterocycles. The molecule has 6 nitrogen and oxygen atoms in total. The first-order valence-corrected chi connectivity index (χ1v) is 7.94. The quantitative estimate of drug-likeness (QED) is 0.842. The van der Waals surface area contributed by atoms with Gasteiger partial charge in [-0.25, -0.2) is 8.42 Å². The molecular formula is C11H17N3O3S2. The second kappa shape index (κ2) is 5.18. The van der Waals surface area contributed by atoms with Crippen molar-refractivity contribution in [3.05, 3.63) is 11.5 Å². The Balaban J connectivity index is 2.46. The van der Waals surface area contributed by atoms with Crippen molar-refractivity contribution in [2.45, 2.75) is 44.0 Å². The van der Waals surface area contributed by atoms with Crippen LogP contribution in [-0.2, 0) is 10.0 Å². The molecule has 2 heterocycles. The SMILES string of the molecule is Cc1noc(C)c1S(=O)(=O)N1CCCCC1C(N)=S. The third-order valence-electron chi connectivity index (χ3n) is 3.32. The Morgan fingerprint density at radius 3 is 2.68 bits per heavy atom. The minimum absolute atomic E-state index is 0.135. The van der Waals surface area contributed by atoms with Crippen LogP contribution in [0, 0.1) is 13.8 Å². The van der Waals surface area contributed by atoms with Gasteiger partial charge in [0, 0.05) is 6.54 Å². The first-order chi connectivity index (χ1) is 8.85. The number of rotatable bonds is 3. The molecule has 0 radical (unpaired) electrons. The third kappa shape index (κ3) is 2.52. The van der Waals surface area contributed by atoms with E-state index in [1.165, 1.54) is 4.31 Å². The summed E-state index contributed by atoms with van der Waals surface area (Å²) in [5, 5.41) is 3.70. The van der Waals surface area contributed by atoms with Gasteiger partial charge in [-0.05, 0) is 26.7 Å². The molecule has 1 aromatic rings. The highest BCUT2D eigenvalue weighted by Gasteiger charge is 2.38. The van der Waals surface area contributed by atoms with Crippen LogP contribution in [0.1, 0.15) is 30.7 Å². The smallest absolute Gasteiger partial charge is 0.249 e. The molecule has 1 fully saturated rings. The maximum absolute atomic E-state index is 12.7. The minimum Gasteiger partial charge on any atom is -0.392 e. The van der Waals surface area contributed by atoms with Gasteiger partial charge in [0.2, 0.25) is 10.0 Å². The van der Waals surface area contributed by atoms with Crippen LogP contribution in [0.25, 0.3) is 0 Å². The number of thiocarbonyl (C=S) groups is 1. The molecule has 0 spiro atoms. The van der Waals surface area contributed by atoms with E-state index in [-0.39, 0.29) is 9.88 Å². The van der Waals surface area contributed by atoms with Gasteiger partial charge < -0.3 is 10.3 Å². The number of hydrogen-bond acceptors (Lipinski definition) is 5. The van der Waals surface area contributed by atoms with Crippen molar-refractivity contribution in [2.75, 3.05) is 6.54 Å². The summed E-state index contributed by atoms with van der Waals surface area (Å²) in [6.45, 7) is 3.63. The lowest BCUT2D eigenvalue weighted by Crippen LogP contribution is -2.49. The van der Waals surface area contributed by atoms with Crippen LogP contribution in [-0.4, -0.2) is 35.5 Å². The number of nitrogens with two attached hydrogens (primary N) is 1. The van der Waals surface area contributed by atoms with Gasteiger partial charge in [0.05, 0.1) is 11.0 Å². The predicted octanol–water partition coefficient (Wildman–Crippen LogP) is 1.12. The minimum atomic E-state index is -3.66. The molecule has 0 aliphatic carbocycles. The van der Waals surface area contributed by atoms with Gasteiger partial charge in [0.1, 0.15) is 10.6 Å². The van der Waals surface area contributed by atoms with E-state index in [9.17, 15) is 8.42 Å². The van der Waals surface area contributed by atoms with Gasteiger partial charge in [-0.3, -0.25) is 0 Å². The van der Waals surface area contributed by atoms with Gasteiger partial charge in [-0.1, -0.05) is 23.8 Å². The zero-order valence-corrected chi connectivity index (χ0v) is 12.6. The number of sulfonamides is 1. The summed E-state index contributed by atoms with van der Waals surface area (Å²) in [6, 6.07) is -0.414. The molecule has 0 aromatic carbocycles. The van der Waals surface area contributed by atoms with Crippen molar-refractivity contribution < 1.29 is 12.9 Å². The van der Waals surface area contributed by atoms with Crippen LogP contribution in [0.3, 0.4) is 0 Å². The van der Waals surface area contributed by atoms with Crippen LogP contribution in [0.4, 0.5) is 0 Å². The van der Waals surface area contributed by atoms with Crippen LogP contribution in [0.2, 0.25) is 0 Å². The molecule has 1 unspecified atom stereocenters. The summed E-state index contributed by atoms with van der Waals surface area (Å²) >= 11 is 4.99. The van der Waals surface area contributed by atoms with E-state index in [2.05, 4.69) is 5.16 Å². The number of piperidine rings is 1. The molecule has 8 heteroatoms. The van der Waals surface area contributed by atoms with Gasteiger partial charge in [0.25, 0.3) is 0 Å². The Kier molecular flexibility index (Phi) is 3.93. The zero-order valence-electron chi connectivity index (χ0n) is 10.9. The molecule has 106 valence electrons. The van der Waals surface area contributed by atoms with Crippen molar-refractivity contribution in [1.29, 1.82) is 0 Å². The summed E-state index contributed by atoms with van der Waals surface area (Å²) in [5.41, 5.74) is 6.04. The average molecular weight is 303 g/mol. The molecule has 19 heavy (non-hydrogen) atoms. The second-order valence-electron chi connectivity index (χ2n) is 4.68. The number of nitrogens with zero attached hydrogens (tertiary/aromatic N) is 2. The van der Waals surface area contributed by atoms with Crippen LogP contribution in [0.5, 0.6) is 0 Å². The first kappa shape index (κ1) is 14.4. The van der Waals surface area contributed by atoms with Gasteiger partial charge in [0.15, 0.2) is 5.76 Å². The highest BCUT2D eigenvalue weighted by Crippen LogP contribution is 2.29. The van der Waals surface area contributed by atoms with Gasteiger partial charge in [-0.2, -0.15) is 4.31 Å². The fraction of sp³-hybridized carbons (Fsp3) is 0.636. The van der Waals surface area contributed by atoms with Crippen LogP contribution >= 0.6 is 12.2 Å². The monoisotopic (exact) mass is 303 g/mol. The number of aryl methyl sites for hydroxylation is 2. The molecule has 1 aromatic heterocycles. The van der Waals surface area contributed by atoms with E-state index >= 15 is 0 Å². The maximum atomic E-state index is 12.7. The summed E-state index contributed by atoms with van der Waals surface area (Å²) in [6.07, 6.45) is 2.40. The molecule has 1 atom stereocenters. The molecular weight excluding hydrogens is 286 g/mol. The second-order valence-corrected chi connectivity index (χ2v) is 6.98. The Labute approximate surface area is 118 Å². The predicted molar refractivity (Wildman–Crippen MR) is 74.3 cm³/mol. The van der Waals surface area contributed by atoms with Crippen molar-refractivity contribution in [3.63, 3.8) is 0 Å². The van der Waals surface area contributed by atoms with E-state index in [4.69, 9.17) is 22.5 Å². The zero-order chi connectivity index (χ0) is 14.2. The first-order valence-electron chi connectivity index (χ1n) is 6.09.